The van der Waals surface area contributed by atoms with Crippen LogP contribution in [0.3, 0.4) is 0 Å². The average Bonchev–Trinajstić information content (AvgIpc) is 3.55. The van der Waals surface area contributed by atoms with E-state index < -0.39 is 5.54 Å². The van der Waals surface area contributed by atoms with Crippen molar-refractivity contribution >= 4 is 23.2 Å². The van der Waals surface area contributed by atoms with E-state index in [9.17, 15) is 9.18 Å². The lowest BCUT2D eigenvalue weighted by Crippen LogP contribution is -2.36. The van der Waals surface area contributed by atoms with E-state index in [1.54, 1.807) is 0 Å². The first-order chi connectivity index (χ1) is 15.0. The van der Waals surface area contributed by atoms with Crippen LogP contribution in [0.4, 0.5) is 10.1 Å². The molecule has 2 N–H and O–H groups in total. The zero-order valence-electron chi connectivity index (χ0n) is 17.0. The first kappa shape index (κ1) is 20.0. The lowest BCUT2D eigenvalue weighted by Gasteiger charge is -2.28. The van der Waals surface area contributed by atoms with Crippen molar-refractivity contribution in [2.75, 3.05) is 5.32 Å². The molecule has 1 heterocycles. The molecule has 0 spiro atoms. The van der Waals surface area contributed by atoms with E-state index in [0.29, 0.717) is 10.6 Å². The summed E-state index contributed by atoms with van der Waals surface area (Å²) in [7, 11) is 0. The number of halogens is 2. The Balaban J connectivity index is 1.36. The molecule has 2 aliphatic rings. The van der Waals surface area contributed by atoms with Gasteiger partial charge in [0.2, 0.25) is 0 Å². The number of aryl methyl sites for hydroxylation is 1. The van der Waals surface area contributed by atoms with Gasteiger partial charge in [-0.15, -0.1) is 0 Å². The Morgan fingerprint density at radius 1 is 1.10 bits per heavy atom. The average molecular weight is 436 g/mol. The van der Waals surface area contributed by atoms with Crippen LogP contribution in [0.15, 0.2) is 60.7 Å². The summed E-state index contributed by atoms with van der Waals surface area (Å²) in [5.41, 5.74) is 4.23. The second-order valence-electron chi connectivity index (χ2n) is 8.38. The number of hydrogen-bond donors (Lipinski definition) is 2. The van der Waals surface area contributed by atoms with E-state index in [0.717, 1.165) is 49.2 Å². The van der Waals surface area contributed by atoms with E-state index >= 15 is 0 Å². The van der Waals surface area contributed by atoms with Crippen LogP contribution in [-0.4, -0.2) is 10.9 Å². The molecule has 1 unspecified atom stereocenters. The maximum Gasteiger partial charge on any atom is 0.252 e. The summed E-state index contributed by atoms with van der Waals surface area (Å²) in [5.74, 6) is -0.549. The fourth-order valence-electron chi connectivity index (χ4n) is 4.32. The van der Waals surface area contributed by atoms with Crippen molar-refractivity contribution in [3.8, 4) is 0 Å². The van der Waals surface area contributed by atoms with E-state index in [4.69, 9.17) is 16.6 Å². The summed E-state index contributed by atoms with van der Waals surface area (Å²) < 4.78 is 13.2. The van der Waals surface area contributed by atoms with Gasteiger partial charge in [-0.2, -0.15) is 0 Å². The van der Waals surface area contributed by atoms with Gasteiger partial charge in [-0.25, -0.2) is 4.39 Å². The van der Waals surface area contributed by atoms with Crippen LogP contribution >= 0.6 is 11.6 Å². The number of rotatable bonds is 5. The molecule has 1 amide bonds. The number of aromatic nitrogens is 1. The number of hydrogen-bond acceptors (Lipinski definition) is 3. The number of carbonyl (C=O) groups excluding carboxylic acids is 1. The van der Waals surface area contributed by atoms with E-state index in [1.165, 1.54) is 29.8 Å². The van der Waals surface area contributed by atoms with Crippen molar-refractivity contribution in [3.63, 3.8) is 0 Å². The molecule has 5 rings (SSSR count). The topological polar surface area (TPSA) is 54.0 Å². The number of fused-ring (bicyclic) bond motifs is 1. The van der Waals surface area contributed by atoms with Crippen molar-refractivity contribution in [1.82, 2.24) is 10.3 Å². The molecule has 2 aromatic carbocycles. The molecule has 1 saturated carbocycles. The van der Waals surface area contributed by atoms with Crippen LogP contribution in [0.2, 0.25) is 5.02 Å². The summed E-state index contributed by atoms with van der Waals surface area (Å²) >= 11 is 6.13. The zero-order valence-corrected chi connectivity index (χ0v) is 17.8. The summed E-state index contributed by atoms with van der Waals surface area (Å²) in [5, 5.41) is 7.42. The Labute approximate surface area is 185 Å². The van der Waals surface area contributed by atoms with Gasteiger partial charge in [-0.05, 0) is 86.2 Å². The van der Waals surface area contributed by atoms with Gasteiger partial charge in [0.25, 0.3) is 5.91 Å². The normalized spacial score (nSPS) is 18.7. The molecule has 6 heteroatoms. The first-order valence-electron chi connectivity index (χ1n) is 10.6. The molecule has 0 radical (unpaired) electrons. The number of anilines is 1. The highest BCUT2D eigenvalue weighted by molar-refractivity contribution is 6.30. The van der Waals surface area contributed by atoms with Gasteiger partial charge in [0.15, 0.2) is 0 Å². The standard InChI is InChI=1S/C25H23ClFN3O/c26-17-3-1-4-19(15-17)28-21-5-2-6-22-20(21)11-12-23(29-22)25(13-14-25)30-24(31)16-7-9-18(27)10-8-16/h1,3-4,7-12,15,21,28H,2,5-6,13-14H2,(H,30,31). The molecular formula is C25H23ClFN3O. The SMILES string of the molecule is O=C(NC1(c2ccc3c(n2)CCCC3Nc2cccc(Cl)c2)CC1)c1ccc(F)cc1. The Morgan fingerprint density at radius 2 is 1.90 bits per heavy atom. The second kappa shape index (κ2) is 7.97. The molecule has 2 aliphatic carbocycles. The summed E-state index contributed by atoms with van der Waals surface area (Å²) in [6.45, 7) is 0. The maximum absolute atomic E-state index is 13.2. The maximum atomic E-state index is 13.2. The highest BCUT2D eigenvalue weighted by Gasteiger charge is 2.47. The molecule has 0 bridgehead atoms. The predicted octanol–water partition coefficient (Wildman–Crippen LogP) is 5.78. The summed E-state index contributed by atoms with van der Waals surface area (Å²) in [4.78, 5) is 17.7. The number of amides is 1. The van der Waals surface area contributed by atoms with Crippen LogP contribution in [0.25, 0.3) is 0 Å². The van der Waals surface area contributed by atoms with Gasteiger partial charge in [-0.3, -0.25) is 9.78 Å². The van der Waals surface area contributed by atoms with E-state index in [-0.39, 0.29) is 17.8 Å². The van der Waals surface area contributed by atoms with Gasteiger partial charge in [0.05, 0.1) is 17.3 Å². The van der Waals surface area contributed by atoms with Gasteiger partial charge in [0, 0.05) is 22.0 Å². The fraction of sp³-hybridized carbons (Fsp3) is 0.280. The third-order valence-electron chi connectivity index (χ3n) is 6.16. The first-order valence-corrected chi connectivity index (χ1v) is 11.0. The number of nitrogens with one attached hydrogen (secondary N) is 2. The highest BCUT2D eigenvalue weighted by Crippen LogP contribution is 2.46. The molecule has 1 atom stereocenters. The molecule has 0 aliphatic heterocycles. The minimum Gasteiger partial charge on any atom is -0.378 e. The Hall–Kier alpha value is -2.92. The van der Waals surface area contributed by atoms with Gasteiger partial charge in [-0.1, -0.05) is 23.7 Å². The predicted molar refractivity (Wildman–Crippen MR) is 120 cm³/mol. The zero-order chi connectivity index (χ0) is 21.4. The van der Waals surface area contributed by atoms with Crippen LogP contribution < -0.4 is 10.6 Å². The summed E-state index contributed by atoms with van der Waals surface area (Å²) in [6, 6.07) is 17.7. The number of benzene rings is 2. The lowest BCUT2D eigenvalue weighted by molar-refractivity contribution is 0.0929. The smallest absolute Gasteiger partial charge is 0.252 e. The number of carbonyl (C=O) groups is 1. The molecule has 1 fully saturated rings. The van der Waals surface area contributed by atoms with Crippen molar-refractivity contribution in [1.29, 1.82) is 0 Å². The molecule has 4 nitrogen and oxygen atoms in total. The monoisotopic (exact) mass is 435 g/mol. The van der Waals surface area contributed by atoms with Crippen molar-refractivity contribution in [2.24, 2.45) is 0 Å². The van der Waals surface area contributed by atoms with Crippen molar-refractivity contribution in [3.05, 3.63) is 94.0 Å². The molecular weight excluding hydrogens is 413 g/mol. The third kappa shape index (κ3) is 4.15. The molecule has 3 aromatic rings. The number of pyridine rings is 1. The third-order valence-corrected chi connectivity index (χ3v) is 6.39. The van der Waals surface area contributed by atoms with Crippen molar-refractivity contribution in [2.45, 2.75) is 43.7 Å². The van der Waals surface area contributed by atoms with Crippen LogP contribution in [0, 0.1) is 5.82 Å². The Morgan fingerprint density at radius 3 is 2.65 bits per heavy atom. The van der Waals surface area contributed by atoms with Gasteiger partial charge < -0.3 is 10.6 Å². The fourth-order valence-corrected chi connectivity index (χ4v) is 4.51. The molecule has 1 aromatic heterocycles. The largest absolute Gasteiger partial charge is 0.378 e. The van der Waals surface area contributed by atoms with E-state index in [1.807, 2.05) is 30.3 Å². The summed E-state index contributed by atoms with van der Waals surface area (Å²) in [6.07, 6.45) is 4.73. The number of nitrogens with zero attached hydrogens (tertiary/aromatic N) is 1. The quantitative estimate of drug-likeness (QED) is 0.533. The lowest BCUT2D eigenvalue weighted by atomic mass is 9.90. The molecule has 0 saturated heterocycles. The second-order valence-corrected chi connectivity index (χ2v) is 8.81. The molecule has 31 heavy (non-hydrogen) atoms. The minimum absolute atomic E-state index is 0.188. The van der Waals surface area contributed by atoms with E-state index in [2.05, 4.69) is 16.7 Å². The Kier molecular flexibility index (Phi) is 5.14. The van der Waals surface area contributed by atoms with Crippen LogP contribution in [0.5, 0.6) is 0 Å². The van der Waals surface area contributed by atoms with Gasteiger partial charge in [0.1, 0.15) is 5.82 Å². The Bertz CT molecular complexity index is 1130. The van der Waals surface area contributed by atoms with Crippen LogP contribution in [-0.2, 0) is 12.0 Å². The van der Waals surface area contributed by atoms with Crippen molar-refractivity contribution < 1.29 is 9.18 Å². The molecule has 158 valence electrons. The highest BCUT2D eigenvalue weighted by atomic mass is 35.5. The minimum atomic E-state index is -0.423. The van der Waals surface area contributed by atoms with Gasteiger partial charge >= 0.3 is 0 Å². The van der Waals surface area contributed by atoms with Crippen LogP contribution in [0.1, 0.15) is 59.0 Å².